The zero-order valence-electron chi connectivity index (χ0n) is 11.3. The number of aromatic amines is 1. The van der Waals surface area contributed by atoms with Gasteiger partial charge in [0, 0.05) is 0 Å². The number of hydrogen-bond acceptors (Lipinski definition) is 5. The van der Waals surface area contributed by atoms with E-state index in [0.29, 0.717) is 0 Å². The lowest BCUT2D eigenvalue weighted by atomic mass is 10.1. The van der Waals surface area contributed by atoms with Gasteiger partial charge in [0.05, 0.1) is 12.3 Å². The molecule has 0 saturated carbocycles. The van der Waals surface area contributed by atoms with E-state index in [1.807, 2.05) is 4.98 Å². The number of ether oxygens (including phenoxy) is 3. The van der Waals surface area contributed by atoms with E-state index in [2.05, 4.69) is 0 Å². The summed E-state index contributed by atoms with van der Waals surface area (Å²) in [4.78, 5) is 24.8. The van der Waals surface area contributed by atoms with E-state index in [4.69, 9.17) is 14.2 Å². The van der Waals surface area contributed by atoms with Gasteiger partial charge in [-0.05, 0) is 20.8 Å². The number of halogens is 1. The van der Waals surface area contributed by atoms with Gasteiger partial charge < -0.3 is 14.2 Å². The number of nitrogens with one attached hydrogen (secondary N) is 1. The van der Waals surface area contributed by atoms with E-state index in [1.54, 1.807) is 20.8 Å². The maximum absolute atomic E-state index is 13.4. The van der Waals surface area contributed by atoms with Crippen LogP contribution < -0.4 is 11.2 Å². The molecule has 1 N–H and O–H groups in total. The van der Waals surface area contributed by atoms with Crippen LogP contribution in [0.2, 0.25) is 0 Å². The van der Waals surface area contributed by atoms with Crippen molar-refractivity contribution in [2.75, 3.05) is 0 Å². The second-order valence-electron chi connectivity index (χ2n) is 5.44. The summed E-state index contributed by atoms with van der Waals surface area (Å²) in [6, 6.07) is 0. The molecule has 3 rings (SSSR count). The van der Waals surface area contributed by atoms with Crippen molar-refractivity contribution in [3.05, 3.63) is 32.9 Å². The maximum atomic E-state index is 13.4. The summed E-state index contributed by atoms with van der Waals surface area (Å²) >= 11 is 0. The Balaban J connectivity index is 2.01. The molecule has 7 nitrogen and oxygen atoms in total. The summed E-state index contributed by atoms with van der Waals surface area (Å²) < 4.78 is 31.4. The summed E-state index contributed by atoms with van der Waals surface area (Å²) in [5.74, 6) is -1.85. The van der Waals surface area contributed by atoms with Crippen molar-refractivity contribution < 1.29 is 18.6 Å². The minimum absolute atomic E-state index is 0.311. The van der Waals surface area contributed by atoms with Crippen molar-refractivity contribution in [1.29, 1.82) is 0 Å². The molecular formula is C12H15FN2O5. The molecule has 0 radical (unpaired) electrons. The molecule has 0 aromatic carbocycles. The average Bonchev–Trinajstić information content (AvgIpc) is 2.80. The number of H-pyrrole nitrogens is 1. The molecule has 2 aliphatic rings. The van der Waals surface area contributed by atoms with Crippen LogP contribution in [0.5, 0.6) is 0 Å². The van der Waals surface area contributed by atoms with Crippen LogP contribution in [-0.2, 0) is 14.2 Å². The van der Waals surface area contributed by atoms with Crippen LogP contribution in [0.15, 0.2) is 15.8 Å². The van der Waals surface area contributed by atoms with Crippen LogP contribution in [0.3, 0.4) is 0 Å². The number of hydrogen-bond donors (Lipinski definition) is 1. The number of aromatic nitrogens is 2. The Bertz CT molecular complexity index is 652. The van der Waals surface area contributed by atoms with Gasteiger partial charge >= 0.3 is 5.69 Å². The van der Waals surface area contributed by atoms with Gasteiger partial charge in [-0.15, -0.1) is 0 Å². The second kappa shape index (κ2) is 4.24. The highest BCUT2D eigenvalue weighted by Gasteiger charge is 2.54. The molecule has 0 spiro atoms. The Kier molecular flexibility index (Phi) is 2.86. The molecule has 110 valence electrons. The molecule has 2 fully saturated rings. The van der Waals surface area contributed by atoms with E-state index in [0.717, 1.165) is 10.8 Å². The van der Waals surface area contributed by atoms with Crippen molar-refractivity contribution >= 4 is 0 Å². The minimum atomic E-state index is -1.06. The Hall–Kier alpha value is -1.51. The minimum Gasteiger partial charge on any atom is -0.349 e. The first-order chi connectivity index (χ1) is 9.28. The highest BCUT2D eigenvalue weighted by molar-refractivity contribution is 4.98. The molecule has 3 heterocycles. The Morgan fingerprint density at radius 1 is 1.30 bits per heavy atom. The van der Waals surface area contributed by atoms with Crippen molar-refractivity contribution in [3.8, 4) is 0 Å². The molecule has 2 saturated heterocycles. The average molecular weight is 289 g/mol. The molecule has 8 heteroatoms. The highest BCUT2D eigenvalue weighted by Crippen LogP contribution is 2.42. The quantitative estimate of drug-likeness (QED) is 0.793. The van der Waals surface area contributed by atoms with Crippen LogP contribution in [0, 0.1) is 5.82 Å². The summed E-state index contributed by atoms with van der Waals surface area (Å²) in [6.45, 7) is 5.30. The molecule has 0 amide bonds. The molecule has 0 bridgehead atoms. The number of rotatable bonds is 1. The van der Waals surface area contributed by atoms with Gasteiger partial charge in [-0.3, -0.25) is 14.3 Å². The lowest BCUT2D eigenvalue weighted by molar-refractivity contribution is -0.195. The predicted octanol–water partition coefficient (Wildman–Crippen LogP) is 0.113. The molecule has 4 atom stereocenters. The zero-order chi connectivity index (χ0) is 14.7. The fourth-order valence-corrected chi connectivity index (χ4v) is 2.65. The molecule has 20 heavy (non-hydrogen) atoms. The monoisotopic (exact) mass is 289 g/mol. The Labute approximate surface area is 113 Å². The van der Waals surface area contributed by atoms with E-state index < -0.39 is 35.2 Å². The fourth-order valence-electron chi connectivity index (χ4n) is 2.65. The lowest BCUT2D eigenvalue weighted by Crippen LogP contribution is -2.38. The van der Waals surface area contributed by atoms with E-state index >= 15 is 0 Å². The standard InChI is InChI=1S/C12H15FN2O5/c1-5-7-8(20-12(2,3)19-7)10(18-5)15-4-6(13)9(16)14-11(15)17/h4-5,7-8,10H,1-3H3,(H,14,16,17)/t5-,7-,8-,10-/m1/s1/i11+1,14+1,15+1. The van der Waals surface area contributed by atoms with Crippen molar-refractivity contribution in [3.63, 3.8) is 0 Å². The van der Waals surface area contributed by atoms with Crippen LogP contribution in [0.1, 0.15) is 27.0 Å². The van der Waals surface area contributed by atoms with Crippen LogP contribution in [0.25, 0.3) is 0 Å². The largest absolute Gasteiger partial charge is 0.349 e. The fraction of sp³-hybridized carbons (Fsp3) is 0.667. The Morgan fingerprint density at radius 3 is 2.65 bits per heavy atom. The van der Waals surface area contributed by atoms with Crippen molar-refractivity contribution in [2.45, 2.75) is 51.1 Å². The molecular weight excluding hydrogens is 274 g/mol. The maximum Gasteiger partial charge on any atom is 0.330 e. The third kappa shape index (κ3) is 2.00. The van der Waals surface area contributed by atoms with Crippen LogP contribution in [-0.4, -0.2) is 33.7 Å². The summed E-state index contributed by atoms with van der Waals surface area (Å²) in [5.41, 5.74) is -1.81. The molecule has 2 aliphatic heterocycles. The smallest absolute Gasteiger partial charge is 0.330 e. The van der Waals surface area contributed by atoms with E-state index in [9.17, 15) is 14.0 Å². The molecule has 0 aliphatic carbocycles. The predicted molar refractivity (Wildman–Crippen MR) is 64.7 cm³/mol. The molecule has 0 unspecified atom stereocenters. The van der Waals surface area contributed by atoms with Gasteiger partial charge in [-0.25, -0.2) is 4.79 Å². The topological polar surface area (TPSA) is 82.6 Å². The normalized spacial score (nSPS) is 35.2. The van der Waals surface area contributed by atoms with Gasteiger partial charge in [0.15, 0.2) is 12.0 Å². The first-order valence-corrected chi connectivity index (χ1v) is 6.30. The molecule has 1 aromatic rings. The second-order valence-corrected chi connectivity index (χ2v) is 5.44. The van der Waals surface area contributed by atoms with Crippen LogP contribution >= 0.6 is 0 Å². The van der Waals surface area contributed by atoms with Gasteiger partial charge in [0.25, 0.3) is 5.56 Å². The van der Waals surface area contributed by atoms with Gasteiger partial charge in [0.1, 0.15) is 12.2 Å². The van der Waals surface area contributed by atoms with E-state index in [-0.39, 0.29) is 12.2 Å². The molecule has 1 aromatic heterocycles. The van der Waals surface area contributed by atoms with Gasteiger partial charge in [-0.2, -0.15) is 4.39 Å². The van der Waals surface area contributed by atoms with Gasteiger partial charge in [-0.1, -0.05) is 0 Å². The highest BCUT2D eigenvalue weighted by atomic mass is 19.1. The lowest BCUT2D eigenvalue weighted by Gasteiger charge is -2.23. The first-order valence-electron chi connectivity index (χ1n) is 6.30. The van der Waals surface area contributed by atoms with Crippen LogP contribution in [0.4, 0.5) is 4.39 Å². The summed E-state index contributed by atoms with van der Waals surface area (Å²) in [6.07, 6.45) is -1.21. The number of fused-ring (bicyclic) bond motifs is 1. The van der Waals surface area contributed by atoms with Crippen molar-refractivity contribution in [1.82, 2.24) is 9.55 Å². The zero-order valence-corrected chi connectivity index (χ0v) is 11.3. The third-order valence-electron chi connectivity index (χ3n) is 3.46. The summed E-state index contributed by atoms with van der Waals surface area (Å²) in [7, 11) is 0. The van der Waals surface area contributed by atoms with Crippen molar-refractivity contribution in [2.24, 2.45) is 0 Å². The SMILES string of the molecule is C[C@H]1O[C@@H]([15n]2cc(F)c(=O)[15nH][13c]2=O)[C@@H]2OC(C)(C)O[C@@H]21. The van der Waals surface area contributed by atoms with E-state index in [1.165, 1.54) is 0 Å². The number of nitrogens with zero attached hydrogens (tertiary/aromatic N) is 1. The third-order valence-corrected chi connectivity index (χ3v) is 3.46. The summed E-state index contributed by atoms with van der Waals surface area (Å²) in [5, 5.41) is 0. The first kappa shape index (κ1) is 13.5. The Morgan fingerprint density at radius 2 is 1.95 bits per heavy atom. The van der Waals surface area contributed by atoms with Gasteiger partial charge in [0.2, 0.25) is 5.82 Å².